The van der Waals surface area contributed by atoms with Gasteiger partial charge in [0.15, 0.2) is 5.65 Å². The molecule has 28 heavy (non-hydrogen) atoms. The Labute approximate surface area is 162 Å². The lowest BCUT2D eigenvalue weighted by Gasteiger charge is -2.37. The maximum atomic E-state index is 11.6. The number of nitrogens with two attached hydrogens (primary N) is 1. The molecule has 0 spiro atoms. The summed E-state index contributed by atoms with van der Waals surface area (Å²) in [6.45, 7) is 5.70. The molecular formula is C19H25N7O2. The van der Waals surface area contributed by atoms with Crippen molar-refractivity contribution in [1.29, 1.82) is 0 Å². The number of hydrogen-bond acceptors (Lipinski definition) is 7. The van der Waals surface area contributed by atoms with Gasteiger partial charge in [-0.15, -0.1) is 0 Å². The number of rotatable bonds is 5. The molecule has 3 atom stereocenters. The molecule has 2 aliphatic rings. The molecule has 0 aromatic carbocycles. The number of aryl methyl sites for hydroxylation is 1. The lowest BCUT2D eigenvalue weighted by atomic mass is 9.81. The van der Waals surface area contributed by atoms with Crippen molar-refractivity contribution in [2.24, 2.45) is 11.7 Å². The van der Waals surface area contributed by atoms with Crippen molar-refractivity contribution in [3.8, 4) is 0 Å². The van der Waals surface area contributed by atoms with Gasteiger partial charge in [0.2, 0.25) is 0 Å². The molecule has 4 rings (SSSR count). The van der Waals surface area contributed by atoms with Crippen LogP contribution in [-0.2, 0) is 4.79 Å². The van der Waals surface area contributed by atoms with Crippen LogP contribution in [0.15, 0.2) is 30.6 Å². The summed E-state index contributed by atoms with van der Waals surface area (Å²) in [6, 6.07) is 0. The van der Waals surface area contributed by atoms with E-state index in [9.17, 15) is 9.90 Å². The SMILES string of the molecule is Cc1n[nH]c2ncnc(N3CCC(N)(CNC4(C)C=CC=CC4C(=O)O)C3)c12. The molecule has 5 N–H and O–H groups in total. The Morgan fingerprint density at radius 3 is 3.07 bits per heavy atom. The number of aromatic nitrogens is 4. The zero-order chi connectivity index (χ0) is 19.9. The molecule has 148 valence electrons. The summed E-state index contributed by atoms with van der Waals surface area (Å²) >= 11 is 0. The molecule has 3 heterocycles. The first-order valence-corrected chi connectivity index (χ1v) is 9.35. The van der Waals surface area contributed by atoms with Crippen LogP contribution in [0.3, 0.4) is 0 Å². The van der Waals surface area contributed by atoms with E-state index in [0.29, 0.717) is 18.7 Å². The zero-order valence-corrected chi connectivity index (χ0v) is 16.0. The number of fused-ring (bicyclic) bond motifs is 1. The van der Waals surface area contributed by atoms with Crippen LogP contribution >= 0.6 is 0 Å². The van der Waals surface area contributed by atoms with E-state index in [4.69, 9.17) is 5.73 Å². The van der Waals surface area contributed by atoms with Gasteiger partial charge in [0.05, 0.1) is 22.5 Å². The highest BCUT2D eigenvalue weighted by molar-refractivity contribution is 5.89. The number of allylic oxidation sites excluding steroid dienone is 2. The van der Waals surface area contributed by atoms with Gasteiger partial charge in [-0.05, 0) is 20.3 Å². The van der Waals surface area contributed by atoms with Gasteiger partial charge in [0.25, 0.3) is 0 Å². The number of carboxylic acids is 1. The monoisotopic (exact) mass is 383 g/mol. The van der Waals surface area contributed by atoms with Crippen LogP contribution in [0.4, 0.5) is 5.82 Å². The molecule has 0 radical (unpaired) electrons. The van der Waals surface area contributed by atoms with Crippen molar-refractivity contribution in [3.63, 3.8) is 0 Å². The number of aromatic amines is 1. The Balaban J connectivity index is 1.50. The van der Waals surface area contributed by atoms with E-state index < -0.39 is 23.0 Å². The molecule has 9 heteroatoms. The van der Waals surface area contributed by atoms with Gasteiger partial charge in [-0.1, -0.05) is 24.3 Å². The molecule has 1 aliphatic carbocycles. The average Bonchev–Trinajstić information content (AvgIpc) is 3.24. The Bertz CT molecular complexity index is 968. The number of hydrogen-bond donors (Lipinski definition) is 4. The predicted octanol–water partition coefficient (Wildman–Crippen LogP) is 0.744. The summed E-state index contributed by atoms with van der Waals surface area (Å²) in [5, 5.41) is 21.0. The first-order chi connectivity index (χ1) is 13.3. The third kappa shape index (κ3) is 3.16. The minimum absolute atomic E-state index is 0.490. The number of aliphatic carboxylic acids is 1. The average molecular weight is 383 g/mol. The molecule has 0 bridgehead atoms. The number of anilines is 1. The van der Waals surface area contributed by atoms with E-state index in [-0.39, 0.29) is 0 Å². The van der Waals surface area contributed by atoms with Crippen LogP contribution in [0.2, 0.25) is 0 Å². The molecule has 1 aliphatic heterocycles. The molecule has 1 fully saturated rings. The van der Waals surface area contributed by atoms with Gasteiger partial charge in [-0.25, -0.2) is 9.97 Å². The molecular weight excluding hydrogens is 358 g/mol. The molecule has 0 saturated carbocycles. The minimum Gasteiger partial charge on any atom is -0.481 e. The molecule has 0 amide bonds. The smallest absolute Gasteiger partial charge is 0.312 e. The number of H-pyrrole nitrogens is 1. The fraction of sp³-hybridized carbons (Fsp3) is 0.474. The second-order valence-corrected chi connectivity index (χ2v) is 7.96. The van der Waals surface area contributed by atoms with Crippen molar-refractivity contribution in [3.05, 3.63) is 36.3 Å². The maximum Gasteiger partial charge on any atom is 0.312 e. The third-order valence-electron chi connectivity index (χ3n) is 5.79. The molecule has 2 aromatic rings. The fourth-order valence-corrected chi connectivity index (χ4v) is 4.06. The van der Waals surface area contributed by atoms with Crippen molar-refractivity contribution >= 4 is 22.8 Å². The topological polar surface area (TPSA) is 133 Å². The summed E-state index contributed by atoms with van der Waals surface area (Å²) in [5.41, 5.74) is 7.08. The zero-order valence-electron chi connectivity index (χ0n) is 16.0. The van der Waals surface area contributed by atoms with Crippen molar-refractivity contribution in [2.45, 2.75) is 31.3 Å². The third-order valence-corrected chi connectivity index (χ3v) is 5.79. The quantitative estimate of drug-likeness (QED) is 0.594. The number of nitrogens with one attached hydrogen (secondary N) is 2. The number of nitrogens with zero attached hydrogens (tertiary/aromatic N) is 4. The van der Waals surface area contributed by atoms with Gasteiger partial charge in [0, 0.05) is 25.2 Å². The highest BCUT2D eigenvalue weighted by Gasteiger charge is 2.41. The number of carbonyl (C=O) groups is 1. The summed E-state index contributed by atoms with van der Waals surface area (Å²) in [6.07, 6.45) is 9.54. The molecule has 9 nitrogen and oxygen atoms in total. The van der Waals surface area contributed by atoms with Crippen LogP contribution in [0.5, 0.6) is 0 Å². The summed E-state index contributed by atoms with van der Waals surface area (Å²) < 4.78 is 0. The van der Waals surface area contributed by atoms with Gasteiger partial charge >= 0.3 is 5.97 Å². The van der Waals surface area contributed by atoms with Gasteiger partial charge < -0.3 is 21.1 Å². The largest absolute Gasteiger partial charge is 0.481 e. The first kappa shape index (κ1) is 18.6. The van der Waals surface area contributed by atoms with Gasteiger partial charge in [0.1, 0.15) is 12.1 Å². The minimum atomic E-state index is -0.853. The van der Waals surface area contributed by atoms with E-state index >= 15 is 0 Å². The summed E-state index contributed by atoms with van der Waals surface area (Å²) in [5.74, 6) is -0.652. The van der Waals surface area contributed by atoms with Crippen molar-refractivity contribution < 1.29 is 9.90 Å². The summed E-state index contributed by atoms with van der Waals surface area (Å²) in [7, 11) is 0. The van der Waals surface area contributed by atoms with Crippen LogP contribution in [0.25, 0.3) is 11.0 Å². The van der Waals surface area contributed by atoms with Gasteiger partial charge in [-0.2, -0.15) is 5.10 Å². The maximum absolute atomic E-state index is 11.6. The molecule has 2 aromatic heterocycles. The van der Waals surface area contributed by atoms with E-state index in [0.717, 1.165) is 29.9 Å². The highest BCUT2D eigenvalue weighted by Crippen LogP contribution is 2.31. The van der Waals surface area contributed by atoms with Crippen LogP contribution in [0.1, 0.15) is 19.0 Å². The van der Waals surface area contributed by atoms with Crippen LogP contribution in [-0.4, -0.2) is 62.0 Å². The van der Waals surface area contributed by atoms with E-state index in [2.05, 4.69) is 30.4 Å². The summed E-state index contributed by atoms with van der Waals surface area (Å²) in [4.78, 5) is 22.5. The standard InChI is InChI=1S/C19H25N7O2/c1-12-14-15(25-24-12)21-11-22-16(14)26-8-7-19(20,10-26)9-23-18(2)6-4-3-5-13(18)17(27)28/h3-6,11,13,23H,7-10,20H2,1-2H3,(H,27,28)(H,21,22,24,25). The molecule has 3 unspecified atom stereocenters. The lowest BCUT2D eigenvalue weighted by molar-refractivity contribution is -0.141. The Morgan fingerprint density at radius 2 is 2.29 bits per heavy atom. The van der Waals surface area contributed by atoms with Gasteiger partial charge in [-0.3, -0.25) is 9.89 Å². The normalized spacial score (nSPS) is 29.7. The highest BCUT2D eigenvalue weighted by atomic mass is 16.4. The Kier molecular flexibility index (Phi) is 4.43. The second-order valence-electron chi connectivity index (χ2n) is 7.96. The van der Waals surface area contributed by atoms with Crippen LogP contribution in [0, 0.1) is 12.8 Å². The number of carboxylic acid groups (broad SMARTS) is 1. The Morgan fingerprint density at radius 1 is 1.46 bits per heavy atom. The van der Waals surface area contributed by atoms with E-state index in [1.807, 2.05) is 26.0 Å². The van der Waals surface area contributed by atoms with E-state index in [1.54, 1.807) is 12.2 Å². The lowest BCUT2D eigenvalue weighted by Crippen LogP contribution is -2.59. The van der Waals surface area contributed by atoms with E-state index in [1.165, 1.54) is 6.33 Å². The first-order valence-electron chi connectivity index (χ1n) is 9.35. The predicted molar refractivity (Wildman–Crippen MR) is 106 cm³/mol. The van der Waals surface area contributed by atoms with Crippen LogP contribution < -0.4 is 16.0 Å². The Hall–Kier alpha value is -2.78. The van der Waals surface area contributed by atoms with Crippen molar-refractivity contribution in [2.75, 3.05) is 24.5 Å². The second kappa shape index (κ2) is 6.68. The molecule has 1 saturated heterocycles. The van der Waals surface area contributed by atoms with Crippen molar-refractivity contribution in [1.82, 2.24) is 25.5 Å². The fourth-order valence-electron chi connectivity index (χ4n) is 4.06.